The van der Waals surface area contributed by atoms with E-state index in [-0.39, 0.29) is 0 Å². The lowest BCUT2D eigenvalue weighted by molar-refractivity contribution is 0.669. The molecule has 0 saturated carbocycles. The number of allylic oxidation sites excluding steroid dienone is 5. The van der Waals surface area contributed by atoms with Gasteiger partial charge in [0.2, 0.25) is 0 Å². The topological polar surface area (TPSA) is 31.0 Å². The molecule has 0 N–H and O–H groups in total. The number of furan rings is 1. The SMILES string of the molecule is C1=CC(c2cccc(-c3ccccc3)c2-n2c(-c3cccc4c3oc3ccccc34)nc3c2C=CCC3)=CCC1. The molecule has 0 saturated heterocycles. The first kappa shape index (κ1) is 23.0. The molecule has 8 rings (SSSR count). The largest absolute Gasteiger partial charge is 0.455 e. The number of aromatic nitrogens is 2. The second-order valence-corrected chi connectivity index (χ2v) is 10.5. The van der Waals surface area contributed by atoms with Crippen LogP contribution in [0.1, 0.15) is 36.2 Å². The summed E-state index contributed by atoms with van der Waals surface area (Å²) in [5.41, 5.74) is 11.1. The quantitative estimate of drug-likeness (QED) is 0.233. The highest BCUT2D eigenvalue weighted by atomic mass is 16.3. The molecule has 192 valence electrons. The van der Waals surface area contributed by atoms with Gasteiger partial charge in [-0.25, -0.2) is 4.98 Å². The van der Waals surface area contributed by atoms with Gasteiger partial charge in [-0.3, -0.25) is 4.57 Å². The summed E-state index contributed by atoms with van der Waals surface area (Å²) >= 11 is 0. The number of aryl methyl sites for hydroxylation is 1. The third kappa shape index (κ3) is 3.62. The minimum absolute atomic E-state index is 0.881. The maximum absolute atomic E-state index is 6.53. The average Bonchev–Trinajstić information content (AvgIpc) is 3.60. The summed E-state index contributed by atoms with van der Waals surface area (Å²) in [6.07, 6.45) is 15.5. The van der Waals surface area contributed by atoms with E-state index in [1.165, 1.54) is 22.3 Å². The summed E-state index contributed by atoms with van der Waals surface area (Å²) in [4.78, 5) is 5.35. The standard InChI is InChI=1S/C37H28N2O/c1-3-13-25(14-4-1)27-18-11-19-28(26-15-5-2-6-16-26)35(27)39-33-23-9-8-22-32(33)38-37(39)31-21-12-20-30-29-17-7-10-24-34(29)40-36(30)31/h1,3-5,7,9-21,23-24H,2,6,8,22H2. The van der Waals surface area contributed by atoms with Crippen LogP contribution < -0.4 is 0 Å². The van der Waals surface area contributed by atoms with Crippen molar-refractivity contribution in [2.24, 2.45) is 0 Å². The lowest BCUT2D eigenvalue weighted by Gasteiger charge is -2.22. The van der Waals surface area contributed by atoms with Crippen LogP contribution in [0.4, 0.5) is 0 Å². The van der Waals surface area contributed by atoms with Crippen molar-refractivity contribution >= 4 is 33.6 Å². The number of imidazole rings is 1. The monoisotopic (exact) mass is 516 g/mol. The van der Waals surface area contributed by atoms with E-state index in [0.29, 0.717) is 0 Å². The molecule has 0 amide bonds. The van der Waals surface area contributed by atoms with Crippen LogP contribution in [0.5, 0.6) is 0 Å². The fourth-order valence-electron chi connectivity index (χ4n) is 6.26. The molecule has 4 aromatic carbocycles. The van der Waals surface area contributed by atoms with E-state index in [1.807, 2.05) is 12.1 Å². The minimum Gasteiger partial charge on any atom is -0.455 e. The van der Waals surface area contributed by atoms with Gasteiger partial charge in [-0.05, 0) is 55.0 Å². The van der Waals surface area contributed by atoms with Gasteiger partial charge < -0.3 is 4.42 Å². The third-order valence-corrected chi connectivity index (χ3v) is 8.11. The first-order chi connectivity index (χ1) is 19.9. The Bertz CT molecular complexity index is 2000. The molecule has 3 heteroatoms. The lowest BCUT2D eigenvalue weighted by Crippen LogP contribution is -2.07. The Labute approximate surface area is 233 Å². The van der Waals surface area contributed by atoms with Crippen LogP contribution in [0.3, 0.4) is 0 Å². The molecule has 0 unspecified atom stereocenters. The molecule has 2 heterocycles. The van der Waals surface area contributed by atoms with Gasteiger partial charge >= 0.3 is 0 Å². The summed E-state index contributed by atoms with van der Waals surface area (Å²) in [5.74, 6) is 0.922. The van der Waals surface area contributed by atoms with Gasteiger partial charge in [0.05, 0.1) is 22.6 Å². The van der Waals surface area contributed by atoms with Crippen LogP contribution in [0, 0.1) is 0 Å². The second-order valence-electron chi connectivity index (χ2n) is 10.5. The zero-order chi connectivity index (χ0) is 26.5. The fourth-order valence-corrected chi connectivity index (χ4v) is 6.26. The van der Waals surface area contributed by atoms with Crippen molar-refractivity contribution in [2.45, 2.75) is 25.7 Å². The molecule has 2 aliphatic rings. The highest BCUT2D eigenvalue weighted by molar-refractivity contribution is 6.09. The number of hydrogen-bond acceptors (Lipinski definition) is 2. The molecule has 2 aliphatic carbocycles. The molecule has 2 aromatic heterocycles. The number of hydrogen-bond donors (Lipinski definition) is 0. The maximum Gasteiger partial charge on any atom is 0.149 e. The average molecular weight is 517 g/mol. The van der Waals surface area contributed by atoms with Gasteiger partial charge in [0.15, 0.2) is 0 Å². The molecular weight excluding hydrogens is 488 g/mol. The van der Waals surface area contributed by atoms with Crippen molar-refractivity contribution in [3.05, 3.63) is 132 Å². The molecule has 0 aliphatic heterocycles. The predicted molar refractivity (Wildman–Crippen MR) is 165 cm³/mol. The van der Waals surface area contributed by atoms with E-state index in [9.17, 15) is 0 Å². The van der Waals surface area contributed by atoms with E-state index in [4.69, 9.17) is 9.40 Å². The Hall–Kier alpha value is -4.89. The van der Waals surface area contributed by atoms with E-state index in [1.54, 1.807) is 0 Å². The van der Waals surface area contributed by atoms with E-state index < -0.39 is 0 Å². The summed E-state index contributed by atoms with van der Waals surface area (Å²) in [6.45, 7) is 0. The molecule has 0 atom stereocenters. The second kappa shape index (κ2) is 9.39. The van der Waals surface area contributed by atoms with E-state index in [2.05, 4.69) is 114 Å². The molecule has 0 bridgehead atoms. The number of fused-ring (bicyclic) bond motifs is 4. The van der Waals surface area contributed by atoms with Crippen molar-refractivity contribution < 1.29 is 4.42 Å². The Kier molecular flexibility index (Phi) is 5.41. The number of para-hydroxylation sites is 3. The van der Waals surface area contributed by atoms with E-state index >= 15 is 0 Å². The van der Waals surface area contributed by atoms with Crippen LogP contribution in [0.2, 0.25) is 0 Å². The molecular formula is C37H28N2O. The highest BCUT2D eigenvalue weighted by Crippen LogP contribution is 2.42. The summed E-state index contributed by atoms with van der Waals surface area (Å²) in [6, 6.07) is 32.1. The lowest BCUT2D eigenvalue weighted by atomic mass is 9.92. The molecule has 40 heavy (non-hydrogen) atoms. The van der Waals surface area contributed by atoms with Crippen molar-refractivity contribution in [3.8, 4) is 28.2 Å². The highest BCUT2D eigenvalue weighted by Gasteiger charge is 2.26. The Morgan fingerprint density at radius 1 is 0.650 bits per heavy atom. The smallest absolute Gasteiger partial charge is 0.149 e. The summed E-state index contributed by atoms with van der Waals surface area (Å²) in [7, 11) is 0. The van der Waals surface area contributed by atoms with Gasteiger partial charge in [-0.2, -0.15) is 0 Å². The first-order valence-corrected chi connectivity index (χ1v) is 14.1. The molecule has 6 aromatic rings. The Morgan fingerprint density at radius 3 is 2.33 bits per heavy atom. The molecule has 3 nitrogen and oxygen atoms in total. The van der Waals surface area contributed by atoms with Crippen molar-refractivity contribution in [3.63, 3.8) is 0 Å². The molecule has 0 spiro atoms. The third-order valence-electron chi connectivity index (χ3n) is 8.11. The molecule has 0 fully saturated rings. The Morgan fingerprint density at radius 2 is 1.43 bits per heavy atom. The minimum atomic E-state index is 0.881. The molecule has 0 radical (unpaired) electrons. The van der Waals surface area contributed by atoms with Gasteiger partial charge in [0, 0.05) is 21.9 Å². The van der Waals surface area contributed by atoms with Gasteiger partial charge in [-0.15, -0.1) is 0 Å². The van der Waals surface area contributed by atoms with Crippen LogP contribution in [-0.2, 0) is 6.42 Å². The predicted octanol–water partition coefficient (Wildman–Crippen LogP) is 9.80. The summed E-state index contributed by atoms with van der Waals surface area (Å²) in [5, 5.41) is 2.25. The van der Waals surface area contributed by atoms with Crippen LogP contribution in [0.25, 0.3) is 61.8 Å². The number of nitrogens with zero attached hydrogens (tertiary/aromatic N) is 2. The van der Waals surface area contributed by atoms with Crippen molar-refractivity contribution in [1.82, 2.24) is 9.55 Å². The maximum atomic E-state index is 6.53. The van der Waals surface area contributed by atoms with Crippen LogP contribution in [-0.4, -0.2) is 9.55 Å². The first-order valence-electron chi connectivity index (χ1n) is 14.1. The zero-order valence-corrected chi connectivity index (χ0v) is 22.2. The van der Waals surface area contributed by atoms with Gasteiger partial charge in [0.1, 0.15) is 17.0 Å². The number of benzene rings is 4. The fraction of sp³-hybridized carbons (Fsp3) is 0.108. The number of rotatable bonds is 4. The van der Waals surface area contributed by atoms with Crippen LogP contribution >= 0.6 is 0 Å². The van der Waals surface area contributed by atoms with Crippen molar-refractivity contribution in [2.75, 3.05) is 0 Å². The normalized spacial score (nSPS) is 14.6. The van der Waals surface area contributed by atoms with Gasteiger partial charge in [0.25, 0.3) is 0 Å². The summed E-state index contributed by atoms with van der Waals surface area (Å²) < 4.78 is 8.93. The Balaban J connectivity index is 1.49. The van der Waals surface area contributed by atoms with E-state index in [0.717, 1.165) is 76.1 Å². The van der Waals surface area contributed by atoms with Crippen molar-refractivity contribution in [1.29, 1.82) is 0 Å². The van der Waals surface area contributed by atoms with Crippen LogP contribution in [0.15, 0.2) is 120 Å². The van der Waals surface area contributed by atoms with Gasteiger partial charge in [-0.1, -0.05) is 103 Å². The zero-order valence-electron chi connectivity index (χ0n) is 22.2.